The third-order valence-electron chi connectivity index (χ3n) is 3.60. The summed E-state index contributed by atoms with van der Waals surface area (Å²) in [6.07, 6.45) is 1.23. The van der Waals surface area contributed by atoms with Gasteiger partial charge in [0.05, 0.1) is 16.3 Å². The molecule has 0 saturated carbocycles. The Kier molecular flexibility index (Phi) is 5.71. The van der Waals surface area contributed by atoms with Crippen molar-refractivity contribution in [3.63, 3.8) is 0 Å². The van der Waals surface area contributed by atoms with Crippen molar-refractivity contribution in [2.24, 2.45) is 0 Å². The van der Waals surface area contributed by atoms with Gasteiger partial charge in [-0.25, -0.2) is 8.42 Å². The average molecular weight is 365 g/mol. The molecule has 1 aromatic carbocycles. The predicted molar refractivity (Wildman–Crippen MR) is 88.5 cm³/mol. The van der Waals surface area contributed by atoms with Crippen molar-refractivity contribution in [2.75, 3.05) is 44.7 Å². The van der Waals surface area contributed by atoms with Gasteiger partial charge in [0, 0.05) is 44.0 Å². The van der Waals surface area contributed by atoms with Crippen LogP contribution in [-0.2, 0) is 9.84 Å². The van der Waals surface area contributed by atoms with Crippen LogP contribution in [0.3, 0.4) is 0 Å². The molecule has 0 unspecified atom stereocenters. The molecule has 1 aliphatic heterocycles. The van der Waals surface area contributed by atoms with Gasteiger partial charge in [-0.3, -0.25) is 9.69 Å². The lowest BCUT2D eigenvalue weighted by Crippen LogP contribution is -2.49. The molecule has 0 spiro atoms. The van der Waals surface area contributed by atoms with E-state index in [0.717, 1.165) is 0 Å². The number of sulfone groups is 1. The van der Waals surface area contributed by atoms with E-state index in [4.69, 9.17) is 23.2 Å². The Balaban J connectivity index is 1.94. The molecule has 0 atom stereocenters. The normalized spacial score (nSPS) is 16.8. The zero-order chi connectivity index (χ0) is 16.3. The highest BCUT2D eigenvalue weighted by Crippen LogP contribution is 2.22. The first-order valence-corrected chi connectivity index (χ1v) is 9.72. The summed E-state index contributed by atoms with van der Waals surface area (Å²) in [6.45, 7) is 2.90. The molecular formula is C14H18Cl2N2O3S. The van der Waals surface area contributed by atoms with E-state index in [1.54, 1.807) is 23.1 Å². The topological polar surface area (TPSA) is 57.7 Å². The molecule has 1 aromatic rings. The molecule has 1 amide bonds. The zero-order valence-corrected chi connectivity index (χ0v) is 14.6. The van der Waals surface area contributed by atoms with Crippen molar-refractivity contribution in [2.45, 2.75) is 0 Å². The molecule has 1 aliphatic rings. The molecule has 0 N–H and O–H groups in total. The van der Waals surface area contributed by atoms with Crippen molar-refractivity contribution < 1.29 is 13.2 Å². The quantitative estimate of drug-likeness (QED) is 0.817. The average Bonchev–Trinajstić information content (AvgIpc) is 2.47. The van der Waals surface area contributed by atoms with Gasteiger partial charge in [-0.05, 0) is 18.2 Å². The SMILES string of the molecule is CS(=O)(=O)CCN1CCN(C(=O)c2cc(Cl)ccc2Cl)CC1. The monoisotopic (exact) mass is 364 g/mol. The van der Waals surface area contributed by atoms with Gasteiger partial charge < -0.3 is 4.90 Å². The lowest BCUT2D eigenvalue weighted by Gasteiger charge is -2.34. The van der Waals surface area contributed by atoms with Crippen LogP contribution in [0.4, 0.5) is 0 Å². The van der Waals surface area contributed by atoms with Crippen molar-refractivity contribution in [3.05, 3.63) is 33.8 Å². The van der Waals surface area contributed by atoms with E-state index < -0.39 is 9.84 Å². The van der Waals surface area contributed by atoms with Gasteiger partial charge in [0.2, 0.25) is 0 Å². The van der Waals surface area contributed by atoms with E-state index in [2.05, 4.69) is 0 Å². The van der Waals surface area contributed by atoms with Gasteiger partial charge in [-0.2, -0.15) is 0 Å². The Morgan fingerprint density at radius 3 is 2.41 bits per heavy atom. The Labute approximate surface area is 140 Å². The highest BCUT2D eigenvalue weighted by atomic mass is 35.5. The van der Waals surface area contributed by atoms with Crippen molar-refractivity contribution >= 4 is 38.9 Å². The Morgan fingerprint density at radius 1 is 1.18 bits per heavy atom. The molecule has 8 heteroatoms. The van der Waals surface area contributed by atoms with Crippen LogP contribution in [0.25, 0.3) is 0 Å². The Bertz CT molecular complexity index is 656. The minimum atomic E-state index is -2.96. The lowest BCUT2D eigenvalue weighted by molar-refractivity contribution is 0.0644. The van der Waals surface area contributed by atoms with Crippen LogP contribution < -0.4 is 0 Å². The first kappa shape index (κ1) is 17.5. The van der Waals surface area contributed by atoms with E-state index in [-0.39, 0.29) is 11.7 Å². The summed E-state index contributed by atoms with van der Waals surface area (Å²) in [5, 5.41) is 0.855. The van der Waals surface area contributed by atoms with Gasteiger partial charge >= 0.3 is 0 Å². The largest absolute Gasteiger partial charge is 0.336 e. The second kappa shape index (κ2) is 7.17. The molecule has 0 aromatic heterocycles. The lowest BCUT2D eigenvalue weighted by atomic mass is 10.2. The number of piperazine rings is 1. The molecule has 0 radical (unpaired) electrons. The van der Waals surface area contributed by atoms with Gasteiger partial charge in [-0.15, -0.1) is 0 Å². The standard InChI is InChI=1S/C14H18Cl2N2O3S/c1-22(20,21)9-8-17-4-6-18(7-5-17)14(19)12-10-11(15)2-3-13(12)16/h2-3,10H,4-9H2,1H3. The van der Waals surface area contributed by atoms with Crippen molar-refractivity contribution in [3.8, 4) is 0 Å². The maximum atomic E-state index is 12.5. The molecule has 0 bridgehead atoms. The maximum absolute atomic E-state index is 12.5. The highest BCUT2D eigenvalue weighted by Gasteiger charge is 2.24. The molecule has 2 rings (SSSR count). The number of carbonyl (C=O) groups is 1. The highest BCUT2D eigenvalue weighted by molar-refractivity contribution is 7.90. The molecule has 5 nitrogen and oxygen atoms in total. The first-order chi connectivity index (χ1) is 10.3. The number of hydrogen-bond donors (Lipinski definition) is 0. The summed E-state index contributed by atoms with van der Waals surface area (Å²) in [6, 6.07) is 4.82. The minimum absolute atomic E-state index is 0.140. The van der Waals surface area contributed by atoms with Crippen LogP contribution in [-0.4, -0.2) is 68.9 Å². The third kappa shape index (κ3) is 4.84. The molecule has 1 saturated heterocycles. The van der Waals surface area contributed by atoms with E-state index in [0.29, 0.717) is 48.3 Å². The Morgan fingerprint density at radius 2 is 1.82 bits per heavy atom. The maximum Gasteiger partial charge on any atom is 0.255 e. The number of amides is 1. The number of hydrogen-bond acceptors (Lipinski definition) is 4. The van der Waals surface area contributed by atoms with Crippen molar-refractivity contribution in [1.82, 2.24) is 9.80 Å². The summed E-state index contributed by atoms with van der Waals surface area (Å²) in [5.41, 5.74) is 0.402. The van der Waals surface area contributed by atoms with Gasteiger partial charge in [0.1, 0.15) is 9.84 Å². The van der Waals surface area contributed by atoms with Crippen molar-refractivity contribution in [1.29, 1.82) is 0 Å². The van der Waals surface area contributed by atoms with Gasteiger partial charge in [0.25, 0.3) is 5.91 Å². The second-order valence-corrected chi connectivity index (χ2v) is 8.49. The summed E-state index contributed by atoms with van der Waals surface area (Å²) in [7, 11) is -2.96. The van der Waals surface area contributed by atoms with Gasteiger partial charge in [0.15, 0.2) is 0 Å². The van der Waals surface area contributed by atoms with Crippen LogP contribution in [0.2, 0.25) is 10.0 Å². The predicted octanol–water partition coefficient (Wildman–Crippen LogP) is 1.80. The summed E-state index contributed by atoms with van der Waals surface area (Å²) >= 11 is 12.0. The van der Waals surface area contributed by atoms with Gasteiger partial charge in [-0.1, -0.05) is 23.2 Å². The molecular weight excluding hydrogens is 347 g/mol. The summed E-state index contributed by atoms with van der Waals surface area (Å²) in [5.74, 6) is -0.00333. The third-order valence-corrected chi connectivity index (χ3v) is 5.09. The summed E-state index contributed by atoms with van der Waals surface area (Å²) < 4.78 is 22.4. The fourth-order valence-corrected chi connectivity index (χ4v) is 3.26. The fraction of sp³-hybridized carbons (Fsp3) is 0.500. The number of benzene rings is 1. The first-order valence-electron chi connectivity index (χ1n) is 6.91. The minimum Gasteiger partial charge on any atom is -0.336 e. The smallest absolute Gasteiger partial charge is 0.255 e. The van der Waals surface area contributed by atoms with E-state index in [9.17, 15) is 13.2 Å². The van der Waals surface area contributed by atoms with Crippen LogP contribution in [0, 0.1) is 0 Å². The number of halogens is 2. The number of rotatable bonds is 4. The van der Waals surface area contributed by atoms with Crippen LogP contribution in [0.5, 0.6) is 0 Å². The molecule has 1 fully saturated rings. The zero-order valence-electron chi connectivity index (χ0n) is 12.3. The number of nitrogens with zero attached hydrogens (tertiary/aromatic N) is 2. The number of carbonyl (C=O) groups excluding carboxylic acids is 1. The van der Waals surface area contributed by atoms with Crippen LogP contribution in [0.15, 0.2) is 18.2 Å². The van der Waals surface area contributed by atoms with E-state index in [1.807, 2.05) is 4.90 Å². The molecule has 122 valence electrons. The van der Waals surface area contributed by atoms with Crippen LogP contribution in [0.1, 0.15) is 10.4 Å². The van der Waals surface area contributed by atoms with E-state index >= 15 is 0 Å². The second-order valence-electron chi connectivity index (χ2n) is 5.39. The fourth-order valence-electron chi connectivity index (χ4n) is 2.30. The summed E-state index contributed by atoms with van der Waals surface area (Å²) in [4.78, 5) is 16.2. The Hall–Kier alpha value is -0.820. The molecule has 0 aliphatic carbocycles. The molecule has 1 heterocycles. The van der Waals surface area contributed by atoms with Crippen LogP contribution >= 0.6 is 23.2 Å². The van der Waals surface area contributed by atoms with E-state index in [1.165, 1.54) is 6.26 Å². The molecule has 22 heavy (non-hydrogen) atoms.